The predicted octanol–water partition coefficient (Wildman–Crippen LogP) is 1.13. The van der Waals surface area contributed by atoms with Gasteiger partial charge in [-0.25, -0.2) is 0 Å². The lowest BCUT2D eigenvalue weighted by atomic mass is 9.79. The van der Waals surface area contributed by atoms with Crippen molar-refractivity contribution in [1.82, 2.24) is 5.32 Å². The third-order valence-corrected chi connectivity index (χ3v) is 4.16. The maximum absolute atomic E-state index is 12.2. The average Bonchev–Trinajstić information content (AvgIpc) is 2.75. The number of carbonyl (C=O) groups excluding carboxylic acids is 2. The van der Waals surface area contributed by atoms with E-state index >= 15 is 0 Å². The van der Waals surface area contributed by atoms with Crippen molar-refractivity contribution in [2.45, 2.75) is 56.9 Å². The highest BCUT2D eigenvalue weighted by atomic mass is 16.2. The van der Waals surface area contributed by atoms with Gasteiger partial charge in [0.15, 0.2) is 5.78 Å². The van der Waals surface area contributed by atoms with Crippen LogP contribution in [-0.2, 0) is 9.59 Å². The summed E-state index contributed by atoms with van der Waals surface area (Å²) in [6.45, 7) is 0.659. The zero-order valence-electron chi connectivity index (χ0n) is 10.3. The molecule has 1 aliphatic carbocycles. The molecule has 96 valence electrons. The zero-order chi connectivity index (χ0) is 12.3. The van der Waals surface area contributed by atoms with E-state index in [1.54, 1.807) is 0 Å². The van der Waals surface area contributed by atoms with Gasteiger partial charge in [0.2, 0.25) is 5.91 Å². The third kappa shape index (κ3) is 2.51. The Morgan fingerprint density at radius 3 is 2.59 bits per heavy atom. The molecule has 1 atom stereocenters. The smallest absolute Gasteiger partial charge is 0.224 e. The van der Waals surface area contributed by atoms with Crippen LogP contribution in [0.4, 0.5) is 0 Å². The van der Waals surface area contributed by atoms with Gasteiger partial charge in [-0.2, -0.15) is 0 Å². The van der Waals surface area contributed by atoms with Crippen LogP contribution in [0.15, 0.2) is 0 Å². The van der Waals surface area contributed by atoms with Crippen molar-refractivity contribution in [1.29, 1.82) is 0 Å². The number of nitrogens with two attached hydrogens (primary N) is 1. The Kier molecular flexibility index (Phi) is 3.82. The topological polar surface area (TPSA) is 72.2 Å². The maximum Gasteiger partial charge on any atom is 0.224 e. The summed E-state index contributed by atoms with van der Waals surface area (Å²) in [5.41, 5.74) is 4.95. The van der Waals surface area contributed by atoms with Gasteiger partial charge in [0.05, 0.1) is 5.54 Å². The van der Waals surface area contributed by atoms with Crippen LogP contribution in [0.5, 0.6) is 0 Å². The molecule has 0 aromatic rings. The summed E-state index contributed by atoms with van der Waals surface area (Å²) in [5, 5.41) is 3.00. The van der Waals surface area contributed by atoms with Gasteiger partial charge >= 0.3 is 0 Å². The molecule has 2 aliphatic rings. The second-order valence-corrected chi connectivity index (χ2v) is 5.39. The van der Waals surface area contributed by atoms with Crippen molar-refractivity contribution in [3.05, 3.63) is 0 Å². The number of hydrogen-bond donors (Lipinski definition) is 2. The van der Waals surface area contributed by atoms with Gasteiger partial charge in [0, 0.05) is 12.3 Å². The molecule has 1 saturated heterocycles. The maximum atomic E-state index is 12.2. The number of amides is 1. The first-order chi connectivity index (χ1) is 8.18. The van der Waals surface area contributed by atoms with Crippen LogP contribution in [-0.4, -0.2) is 23.8 Å². The van der Waals surface area contributed by atoms with Gasteiger partial charge < -0.3 is 11.1 Å². The van der Waals surface area contributed by atoms with Crippen LogP contribution >= 0.6 is 0 Å². The first-order valence-corrected chi connectivity index (χ1v) is 6.73. The van der Waals surface area contributed by atoms with E-state index in [1.165, 1.54) is 0 Å². The molecule has 4 nitrogen and oxygen atoms in total. The number of nitrogens with one attached hydrogen (secondary N) is 1. The number of rotatable bonds is 4. The Hall–Kier alpha value is -0.900. The number of ketones is 1. The molecule has 1 aliphatic heterocycles. The minimum atomic E-state index is -0.485. The van der Waals surface area contributed by atoms with Crippen molar-refractivity contribution >= 4 is 11.7 Å². The highest BCUT2D eigenvalue weighted by Gasteiger charge is 2.47. The summed E-state index contributed by atoms with van der Waals surface area (Å²) < 4.78 is 0. The Bertz CT molecular complexity index is 309. The fourth-order valence-corrected chi connectivity index (χ4v) is 3.07. The average molecular weight is 238 g/mol. The van der Waals surface area contributed by atoms with E-state index < -0.39 is 5.54 Å². The highest BCUT2D eigenvalue weighted by Crippen LogP contribution is 2.36. The van der Waals surface area contributed by atoms with E-state index in [4.69, 9.17) is 5.73 Å². The van der Waals surface area contributed by atoms with Crippen LogP contribution in [0.1, 0.15) is 51.4 Å². The molecule has 0 bridgehead atoms. The Balaban J connectivity index is 1.93. The molecule has 17 heavy (non-hydrogen) atoms. The predicted molar refractivity (Wildman–Crippen MR) is 65.4 cm³/mol. The van der Waals surface area contributed by atoms with E-state index in [0.29, 0.717) is 13.0 Å². The SMILES string of the molecule is NCCCC[C@@H]1CC(=O)C2(CCCC2)NC1=O. The number of piperidine rings is 1. The summed E-state index contributed by atoms with van der Waals surface area (Å²) in [4.78, 5) is 24.2. The number of hydrogen-bond acceptors (Lipinski definition) is 3. The molecule has 0 radical (unpaired) electrons. The second kappa shape index (κ2) is 5.17. The minimum Gasteiger partial charge on any atom is -0.343 e. The molecule has 0 aromatic heterocycles. The summed E-state index contributed by atoms with van der Waals surface area (Å²) in [5.74, 6) is 0.233. The molecule has 1 saturated carbocycles. The molecule has 1 heterocycles. The first-order valence-electron chi connectivity index (χ1n) is 6.73. The van der Waals surface area contributed by atoms with E-state index in [9.17, 15) is 9.59 Å². The van der Waals surface area contributed by atoms with Gasteiger partial charge in [-0.05, 0) is 32.2 Å². The summed E-state index contributed by atoms with van der Waals surface area (Å²) in [7, 11) is 0. The molecule has 0 unspecified atom stereocenters. The van der Waals surface area contributed by atoms with E-state index in [1.807, 2.05) is 0 Å². The Morgan fingerprint density at radius 1 is 1.24 bits per heavy atom. The number of carbonyl (C=O) groups is 2. The molecular weight excluding hydrogens is 216 g/mol. The van der Waals surface area contributed by atoms with Crippen molar-refractivity contribution in [3.63, 3.8) is 0 Å². The lowest BCUT2D eigenvalue weighted by molar-refractivity contribution is -0.141. The van der Waals surface area contributed by atoms with Crippen molar-refractivity contribution in [2.24, 2.45) is 11.7 Å². The van der Waals surface area contributed by atoms with Crippen LogP contribution in [0.25, 0.3) is 0 Å². The van der Waals surface area contributed by atoms with Gasteiger partial charge in [0.1, 0.15) is 0 Å². The van der Waals surface area contributed by atoms with Gasteiger partial charge in [-0.3, -0.25) is 9.59 Å². The molecule has 1 amide bonds. The number of unbranched alkanes of at least 4 members (excludes halogenated alkanes) is 1. The zero-order valence-corrected chi connectivity index (χ0v) is 10.3. The van der Waals surface area contributed by atoms with Crippen LogP contribution in [0, 0.1) is 5.92 Å². The Labute approximate surface area is 102 Å². The lowest BCUT2D eigenvalue weighted by Crippen LogP contribution is -2.59. The fourth-order valence-electron chi connectivity index (χ4n) is 3.07. The van der Waals surface area contributed by atoms with Crippen LogP contribution < -0.4 is 11.1 Å². The van der Waals surface area contributed by atoms with Crippen LogP contribution in [0.2, 0.25) is 0 Å². The first kappa shape index (κ1) is 12.6. The molecular formula is C13H22N2O2. The largest absolute Gasteiger partial charge is 0.343 e. The fraction of sp³-hybridized carbons (Fsp3) is 0.846. The summed E-state index contributed by atoms with van der Waals surface area (Å²) >= 11 is 0. The number of Topliss-reactive ketones (excluding diaryl/α,β-unsaturated/α-hetero) is 1. The van der Waals surface area contributed by atoms with Gasteiger partial charge in [-0.15, -0.1) is 0 Å². The minimum absolute atomic E-state index is 0.0866. The van der Waals surface area contributed by atoms with Gasteiger partial charge in [0.25, 0.3) is 0 Å². The van der Waals surface area contributed by atoms with E-state index in [2.05, 4.69) is 5.32 Å². The van der Waals surface area contributed by atoms with E-state index in [-0.39, 0.29) is 17.6 Å². The standard InChI is InChI=1S/C13H22N2O2/c14-8-4-1-5-10-9-11(16)13(15-12(10)17)6-2-3-7-13/h10H,1-9,14H2,(H,15,17)/t10-/m1/s1. The van der Waals surface area contributed by atoms with Gasteiger partial charge in [-0.1, -0.05) is 19.3 Å². The molecule has 3 N–H and O–H groups in total. The van der Waals surface area contributed by atoms with Crippen molar-refractivity contribution < 1.29 is 9.59 Å². The second-order valence-electron chi connectivity index (χ2n) is 5.39. The van der Waals surface area contributed by atoms with Crippen molar-refractivity contribution in [3.8, 4) is 0 Å². The normalized spacial score (nSPS) is 27.5. The molecule has 4 heteroatoms. The Morgan fingerprint density at radius 2 is 1.94 bits per heavy atom. The monoisotopic (exact) mass is 238 g/mol. The molecule has 2 rings (SSSR count). The van der Waals surface area contributed by atoms with Crippen LogP contribution in [0.3, 0.4) is 0 Å². The third-order valence-electron chi connectivity index (χ3n) is 4.16. The van der Waals surface area contributed by atoms with Crippen molar-refractivity contribution in [2.75, 3.05) is 6.54 Å². The molecule has 2 fully saturated rings. The molecule has 1 spiro atoms. The quantitative estimate of drug-likeness (QED) is 0.721. The van der Waals surface area contributed by atoms with E-state index in [0.717, 1.165) is 44.9 Å². The highest BCUT2D eigenvalue weighted by molar-refractivity contribution is 6.00. The summed E-state index contributed by atoms with van der Waals surface area (Å²) in [6.07, 6.45) is 6.91. The lowest BCUT2D eigenvalue weighted by Gasteiger charge is -2.36. The molecule has 0 aromatic carbocycles. The summed E-state index contributed by atoms with van der Waals surface area (Å²) in [6, 6.07) is 0.